The first-order valence-corrected chi connectivity index (χ1v) is 7.09. The van der Waals surface area contributed by atoms with E-state index in [-0.39, 0.29) is 35.9 Å². The van der Waals surface area contributed by atoms with Crippen molar-refractivity contribution < 1.29 is 19.4 Å². The van der Waals surface area contributed by atoms with Gasteiger partial charge in [-0.15, -0.1) is 0 Å². The van der Waals surface area contributed by atoms with Crippen molar-refractivity contribution in [3.63, 3.8) is 0 Å². The Labute approximate surface area is 113 Å². The van der Waals surface area contributed by atoms with E-state index in [9.17, 15) is 9.59 Å². The minimum atomic E-state index is -0.744. The molecule has 1 amide bonds. The normalized spacial score (nSPS) is 36.5. The summed E-state index contributed by atoms with van der Waals surface area (Å²) in [4.78, 5) is 25.3. The van der Waals surface area contributed by atoms with Crippen LogP contribution in [-0.4, -0.2) is 47.2 Å². The number of hydrogen-bond donors (Lipinski definition) is 1. The van der Waals surface area contributed by atoms with E-state index in [2.05, 4.69) is 6.92 Å². The standard InChI is InChI=1S/C14H23NO4/c1-8-9(2)19-10(3)12(8)13(16)15-6-4-11(5-7-15)14(17)18/h8-12H,4-7H2,1-3H3,(H,17,18). The zero-order valence-corrected chi connectivity index (χ0v) is 11.8. The Morgan fingerprint density at radius 2 is 1.68 bits per heavy atom. The molecule has 19 heavy (non-hydrogen) atoms. The van der Waals surface area contributed by atoms with E-state index in [0.29, 0.717) is 25.9 Å². The fraction of sp³-hybridized carbons (Fsp3) is 0.857. The number of ether oxygens (including phenoxy) is 1. The first-order valence-electron chi connectivity index (χ1n) is 7.09. The second-order valence-electron chi connectivity index (χ2n) is 5.87. The lowest BCUT2D eigenvalue weighted by molar-refractivity contribution is -0.147. The highest BCUT2D eigenvalue weighted by Gasteiger charge is 2.43. The minimum absolute atomic E-state index is 0.0466. The van der Waals surface area contributed by atoms with Crippen molar-refractivity contribution in [2.24, 2.45) is 17.8 Å². The molecule has 4 atom stereocenters. The molecule has 5 heteroatoms. The SMILES string of the molecule is CC1OC(C)C(C(=O)N2CCC(C(=O)O)CC2)C1C. The van der Waals surface area contributed by atoms with Gasteiger partial charge in [-0.25, -0.2) is 0 Å². The molecule has 2 rings (SSSR count). The van der Waals surface area contributed by atoms with E-state index in [0.717, 1.165) is 0 Å². The molecule has 0 bridgehead atoms. The molecule has 2 saturated heterocycles. The number of piperidine rings is 1. The van der Waals surface area contributed by atoms with Crippen molar-refractivity contribution in [1.82, 2.24) is 4.90 Å². The van der Waals surface area contributed by atoms with Gasteiger partial charge in [0.25, 0.3) is 0 Å². The van der Waals surface area contributed by atoms with Crippen molar-refractivity contribution in [1.29, 1.82) is 0 Å². The van der Waals surface area contributed by atoms with Gasteiger partial charge in [-0.1, -0.05) is 6.92 Å². The van der Waals surface area contributed by atoms with Crippen molar-refractivity contribution in [2.75, 3.05) is 13.1 Å². The summed E-state index contributed by atoms with van der Waals surface area (Å²) in [6.45, 7) is 7.12. The van der Waals surface area contributed by atoms with E-state index >= 15 is 0 Å². The van der Waals surface area contributed by atoms with Gasteiger partial charge in [0, 0.05) is 13.1 Å². The molecule has 0 aliphatic carbocycles. The Balaban J connectivity index is 1.96. The molecule has 5 nitrogen and oxygen atoms in total. The van der Waals surface area contributed by atoms with Crippen LogP contribution in [0.5, 0.6) is 0 Å². The molecule has 108 valence electrons. The van der Waals surface area contributed by atoms with E-state index in [1.807, 2.05) is 18.7 Å². The largest absolute Gasteiger partial charge is 0.481 e. The fourth-order valence-electron chi connectivity index (χ4n) is 3.25. The number of carboxylic acid groups (broad SMARTS) is 1. The van der Waals surface area contributed by atoms with Crippen LogP contribution in [0.3, 0.4) is 0 Å². The Morgan fingerprint density at radius 1 is 1.11 bits per heavy atom. The maximum atomic E-state index is 12.5. The zero-order valence-electron chi connectivity index (χ0n) is 11.8. The Hall–Kier alpha value is -1.10. The molecule has 2 aliphatic heterocycles. The molecule has 0 aromatic heterocycles. The molecule has 0 saturated carbocycles. The number of aliphatic carboxylic acids is 1. The highest BCUT2D eigenvalue weighted by Crippen LogP contribution is 2.34. The maximum absolute atomic E-state index is 12.5. The third kappa shape index (κ3) is 2.76. The molecule has 2 fully saturated rings. The number of hydrogen-bond acceptors (Lipinski definition) is 3. The summed E-state index contributed by atoms with van der Waals surface area (Å²) >= 11 is 0. The number of carbonyl (C=O) groups excluding carboxylic acids is 1. The average molecular weight is 269 g/mol. The van der Waals surface area contributed by atoms with Crippen LogP contribution in [0.25, 0.3) is 0 Å². The molecule has 2 aliphatic rings. The minimum Gasteiger partial charge on any atom is -0.481 e. The summed E-state index contributed by atoms with van der Waals surface area (Å²) in [7, 11) is 0. The predicted octanol–water partition coefficient (Wildman–Crippen LogP) is 1.37. The van der Waals surface area contributed by atoms with E-state index in [1.54, 1.807) is 0 Å². The second-order valence-corrected chi connectivity index (χ2v) is 5.87. The third-order valence-corrected chi connectivity index (χ3v) is 4.68. The Morgan fingerprint density at radius 3 is 2.11 bits per heavy atom. The molecular formula is C14H23NO4. The van der Waals surface area contributed by atoms with Gasteiger partial charge in [0.05, 0.1) is 24.0 Å². The predicted molar refractivity (Wildman–Crippen MR) is 69.6 cm³/mol. The van der Waals surface area contributed by atoms with Gasteiger partial charge in [-0.05, 0) is 32.6 Å². The van der Waals surface area contributed by atoms with Crippen molar-refractivity contribution in [2.45, 2.75) is 45.8 Å². The number of amides is 1. The van der Waals surface area contributed by atoms with E-state index in [4.69, 9.17) is 9.84 Å². The summed E-state index contributed by atoms with van der Waals surface area (Å²) in [6.07, 6.45) is 1.19. The molecule has 0 spiro atoms. The second kappa shape index (κ2) is 5.49. The molecule has 1 N–H and O–H groups in total. The van der Waals surface area contributed by atoms with Crippen LogP contribution in [0, 0.1) is 17.8 Å². The first kappa shape index (κ1) is 14.3. The average Bonchev–Trinajstić information content (AvgIpc) is 2.62. The van der Waals surface area contributed by atoms with Crippen molar-refractivity contribution >= 4 is 11.9 Å². The van der Waals surface area contributed by atoms with Gasteiger partial charge in [0.1, 0.15) is 0 Å². The third-order valence-electron chi connectivity index (χ3n) is 4.68. The van der Waals surface area contributed by atoms with Crippen molar-refractivity contribution in [3.05, 3.63) is 0 Å². The number of carbonyl (C=O) groups is 2. The molecule has 2 heterocycles. The van der Waals surface area contributed by atoms with Gasteiger partial charge < -0.3 is 14.7 Å². The molecule has 0 radical (unpaired) electrons. The van der Waals surface area contributed by atoms with Crippen LogP contribution in [0.2, 0.25) is 0 Å². The summed E-state index contributed by atoms with van der Waals surface area (Å²) in [5.74, 6) is -0.770. The fourth-order valence-corrected chi connectivity index (χ4v) is 3.25. The van der Waals surface area contributed by atoms with Gasteiger partial charge in [-0.3, -0.25) is 9.59 Å². The summed E-state index contributed by atoms with van der Waals surface area (Å²) in [5.41, 5.74) is 0. The number of likely N-dealkylation sites (tertiary alicyclic amines) is 1. The molecular weight excluding hydrogens is 246 g/mol. The lowest BCUT2D eigenvalue weighted by Gasteiger charge is -2.33. The summed E-state index contributed by atoms with van der Waals surface area (Å²) in [5, 5.41) is 8.97. The maximum Gasteiger partial charge on any atom is 0.306 e. The number of carboxylic acids is 1. The highest BCUT2D eigenvalue weighted by atomic mass is 16.5. The summed E-state index contributed by atoms with van der Waals surface area (Å²) in [6, 6.07) is 0. The lowest BCUT2D eigenvalue weighted by atomic mass is 9.87. The van der Waals surface area contributed by atoms with Crippen molar-refractivity contribution in [3.8, 4) is 0 Å². The number of rotatable bonds is 2. The zero-order chi connectivity index (χ0) is 14.2. The lowest BCUT2D eigenvalue weighted by Crippen LogP contribution is -2.45. The van der Waals surface area contributed by atoms with Gasteiger partial charge in [0.2, 0.25) is 5.91 Å². The van der Waals surface area contributed by atoms with Gasteiger partial charge in [0.15, 0.2) is 0 Å². The Bertz CT molecular complexity index is 362. The van der Waals surface area contributed by atoms with Crippen LogP contribution in [0.4, 0.5) is 0 Å². The highest BCUT2D eigenvalue weighted by molar-refractivity contribution is 5.80. The summed E-state index contributed by atoms with van der Waals surface area (Å²) < 4.78 is 5.72. The van der Waals surface area contributed by atoms with E-state index < -0.39 is 5.97 Å². The van der Waals surface area contributed by atoms with Crippen LogP contribution in [0.1, 0.15) is 33.6 Å². The molecule has 4 unspecified atom stereocenters. The first-order chi connectivity index (χ1) is 8.91. The van der Waals surface area contributed by atoms with Crippen LogP contribution < -0.4 is 0 Å². The quantitative estimate of drug-likeness (QED) is 0.822. The molecule has 0 aromatic carbocycles. The Kier molecular flexibility index (Phi) is 4.13. The van der Waals surface area contributed by atoms with Crippen LogP contribution in [-0.2, 0) is 14.3 Å². The van der Waals surface area contributed by atoms with Gasteiger partial charge >= 0.3 is 5.97 Å². The van der Waals surface area contributed by atoms with E-state index in [1.165, 1.54) is 0 Å². The smallest absolute Gasteiger partial charge is 0.306 e. The monoisotopic (exact) mass is 269 g/mol. The topological polar surface area (TPSA) is 66.8 Å². The van der Waals surface area contributed by atoms with Crippen LogP contribution in [0.15, 0.2) is 0 Å². The number of nitrogens with zero attached hydrogens (tertiary/aromatic N) is 1. The van der Waals surface area contributed by atoms with Gasteiger partial charge in [-0.2, -0.15) is 0 Å². The van der Waals surface area contributed by atoms with Crippen LogP contribution >= 0.6 is 0 Å². The molecule has 0 aromatic rings.